The van der Waals surface area contributed by atoms with Crippen molar-refractivity contribution in [2.75, 3.05) is 12.3 Å². The summed E-state index contributed by atoms with van der Waals surface area (Å²) >= 11 is 0. The second kappa shape index (κ2) is 5.63. The first-order chi connectivity index (χ1) is 7.44. The van der Waals surface area contributed by atoms with Crippen LogP contribution < -0.4 is 4.72 Å². The number of hydrogen-bond donors (Lipinski definition) is 2. The first-order valence-electron chi connectivity index (χ1n) is 5.64. The van der Waals surface area contributed by atoms with Crippen molar-refractivity contribution in [3.63, 3.8) is 0 Å². The smallest absolute Gasteiger partial charge is 0.307 e. The molecule has 0 heterocycles. The van der Waals surface area contributed by atoms with Crippen LogP contribution in [0.3, 0.4) is 0 Å². The molecule has 1 aliphatic carbocycles. The molecule has 1 aliphatic rings. The maximum atomic E-state index is 11.5. The fourth-order valence-electron chi connectivity index (χ4n) is 1.54. The highest BCUT2D eigenvalue weighted by atomic mass is 32.2. The SMILES string of the molecule is CCCC(CNS(=O)(=O)CC1CC1)C(=O)O. The van der Waals surface area contributed by atoms with E-state index in [-0.39, 0.29) is 18.2 Å². The summed E-state index contributed by atoms with van der Waals surface area (Å²) in [7, 11) is -3.28. The topological polar surface area (TPSA) is 83.5 Å². The average molecular weight is 249 g/mol. The van der Waals surface area contributed by atoms with E-state index in [2.05, 4.69) is 4.72 Å². The van der Waals surface area contributed by atoms with Crippen molar-refractivity contribution in [1.29, 1.82) is 0 Å². The first kappa shape index (κ1) is 13.4. The highest BCUT2D eigenvalue weighted by Gasteiger charge is 2.28. The van der Waals surface area contributed by atoms with Gasteiger partial charge in [-0.05, 0) is 25.2 Å². The van der Waals surface area contributed by atoms with Gasteiger partial charge in [-0.1, -0.05) is 13.3 Å². The molecule has 0 saturated heterocycles. The first-order valence-corrected chi connectivity index (χ1v) is 7.30. The zero-order chi connectivity index (χ0) is 12.2. The van der Waals surface area contributed by atoms with E-state index in [0.29, 0.717) is 6.42 Å². The van der Waals surface area contributed by atoms with Gasteiger partial charge in [-0.15, -0.1) is 0 Å². The Hall–Kier alpha value is -0.620. The van der Waals surface area contributed by atoms with Crippen molar-refractivity contribution in [3.05, 3.63) is 0 Å². The number of sulfonamides is 1. The fourth-order valence-corrected chi connectivity index (χ4v) is 3.07. The van der Waals surface area contributed by atoms with Gasteiger partial charge in [0.25, 0.3) is 0 Å². The Morgan fingerprint density at radius 3 is 2.56 bits per heavy atom. The number of hydrogen-bond acceptors (Lipinski definition) is 3. The summed E-state index contributed by atoms with van der Waals surface area (Å²) in [6.07, 6.45) is 3.18. The van der Waals surface area contributed by atoms with Gasteiger partial charge in [0.05, 0.1) is 11.7 Å². The van der Waals surface area contributed by atoms with Crippen molar-refractivity contribution in [1.82, 2.24) is 4.72 Å². The second-order valence-electron chi connectivity index (χ2n) is 4.40. The molecule has 1 unspecified atom stereocenters. The highest BCUT2D eigenvalue weighted by molar-refractivity contribution is 7.89. The van der Waals surface area contributed by atoms with Crippen LogP contribution in [0.15, 0.2) is 0 Å². The van der Waals surface area contributed by atoms with E-state index in [4.69, 9.17) is 5.11 Å². The quantitative estimate of drug-likeness (QED) is 0.667. The predicted molar refractivity (Wildman–Crippen MR) is 60.5 cm³/mol. The molecule has 0 bridgehead atoms. The Labute approximate surface area is 96.3 Å². The molecule has 5 nitrogen and oxygen atoms in total. The summed E-state index contributed by atoms with van der Waals surface area (Å²) in [6, 6.07) is 0. The van der Waals surface area contributed by atoms with Crippen LogP contribution in [0.4, 0.5) is 0 Å². The molecule has 1 saturated carbocycles. The minimum absolute atomic E-state index is 0.0121. The third kappa shape index (κ3) is 4.94. The molecule has 1 fully saturated rings. The lowest BCUT2D eigenvalue weighted by Gasteiger charge is -2.12. The van der Waals surface area contributed by atoms with Crippen LogP contribution in [0, 0.1) is 11.8 Å². The molecule has 6 heteroatoms. The van der Waals surface area contributed by atoms with Gasteiger partial charge in [-0.2, -0.15) is 0 Å². The predicted octanol–water partition coefficient (Wildman–Crippen LogP) is 0.817. The lowest BCUT2D eigenvalue weighted by molar-refractivity contribution is -0.141. The van der Waals surface area contributed by atoms with E-state index in [1.54, 1.807) is 0 Å². The molecule has 1 atom stereocenters. The molecule has 0 radical (unpaired) electrons. The molecule has 0 amide bonds. The van der Waals surface area contributed by atoms with Crippen LogP contribution in [0.1, 0.15) is 32.6 Å². The number of aliphatic carboxylic acids is 1. The molecule has 1 rings (SSSR count). The Balaban J connectivity index is 2.37. The van der Waals surface area contributed by atoms with Gasteiger partial charge in [0.2, 0.25) is 10.0 Å². The molecule has 94 valence electrons. The maximum Gasteiger partial charge on any atom is 0.307 e. The Morgan fingerprint density at radius 2 is 2.12 bits per heavy atom. The molecule has 0 aromatic rings. The number of carbonyl (C=O) groups is 1. The molecule has 16 heavy (non-hydrogen) atoms. The Morgan fingerprint density at radius 1 is 1.50 bits per heavy atom. The monoisotopic (exact) mass is 249 g/mol. The normalized spacial score (nSPS) is 18.3. The largest absolute Gasteiger partial charge is 0.481 e. The van der Waals surface area contributed by atoms with Crippen molar-refractivity contribution in [2.45, 2.75) is 32.6 Å². The van der Waals surface area contributed by atoms with Crippen LogP contribution >= 0.6 is 0 Å². The van der Waals surface area contributed by atoms with Gasteiger partial charge in [0.1, 0.15) is 0 Å². The third-order valence-electron chi connectivity index (χ3n) is 2.69. The van der Waals surface area contributed by atoms with Crippen LogP contribution in [-0.2, 0) is 14.8 Å². The molecule has 2 N–H and O–H groups in total. The zero-order valence-electron chi connectivity index (χ0n) is 9.48. The van der Waals surface area contributed by atoms with E-state index in [1.807, 2.05) is 6.92 Å². The number of carboxylic acid groups (broad SMARTS) is 1. The summed E-state index contributed by atoms with van der Waals surface area (Å²) in [5.41, 5.74) is 0. The average Bonchev–Trinajstić information content (AvgIpc) is 2.94. The van der Waals surface area contributed by atoms with Gasteiger partial charge in [0.15, 0.2) is 0 Å². The van der Waals surface area contributed by atoms with E-state index in [1.165, 1.54) is 0 Å². The molecular formula is C10H19NO4S. The Kier molecular flexibility index (Phi) is 4.73. The molecule has 0 spiro atoms. The minimum Gasteiger partial charge on any atom is -0.481 e. The van der Waals surface area contributed by atoms with Crippen molar-refractivity contribution in [2.24, 2.45) is 11.8 Å². The van der Waals surface area contributed by atoms with Gasteiger partial charge in [-0.25, -0.2) is 13.1 Å². The van der Waals surface area contributed by atoms with E-state index < -0.39 is 21.9 Å². The van der Waals surface area contributed by atoms with Crippen molar-refractivity contribution < 1.29 is 18.3 Å². The third-order valence-corrected chi connectivity index (χ3v) is 4.20. The summed E-state index contributed by atoms with van der Waals surface area (Å²) in [5.74, 6) is -1.12. The number of nitrogens with one attached hydrogen (secondary N) is 1. The van der Waals surface area contributed by atoms with Gasteiger partial charge in [-0.3, -0.25) is 4.79 Å². The lowest BCUT2D eigenvalue weighted by Crippen LogP contribution is -2.34. The lowest BCUT2D eigenvalue weighted by atomic mass is 10.1. The van der Waals surface area contributed by atoms with Crippen LogP contribution in [0.2, 0.25) is 0 Å². The number of carboxylic acids is 1. The summed E-state index contributed by atoms with van der Waals surface area (Å²) < 4.78 is 25.4. The van der Waals surface area contributed by atoms with E-state index in [0.717, 1.165) is 19.3 Å². The molecule has 0 aliphatic heterocycles. The zero-order valence-corrected chi connectivity index (χ0v) is 10.3. The maximum absolute atomic E-state index is 11.5. The minimum atomic E-state index is -3.28. The summed E-state index contributed by atoms with van der Waals surface area (Å²) in [4.78, 5) is 10.8. The number of rotatable bonds is 8. The molecule has 0 aromatic carbocycles. The van der Waals surface area contributed by atoms with Crippen molar-refractivity contribution in [3.8, 4) is 0 Å². The molecular weight excluding hydrogens is 230 g/mol. The second-order valence-corrected chi connectivity index (χ2v) is 6.25. The fraction of sp³-hybridized carbons (Fsp3) is 0.900. The summed E-state index contributed by atoms with van der Waals surface area (Å²) in [6.45, 7) is 1.90. The van der Waals surface area contributed by atoms with Crippen LogP contribution in [0.25, 0.3) is 0 Å². The van der Waals surface area contributed by atoms with Gasteiger partial charge >= 0.3 is 5.97 Å². The standard InChI is InChI=1S/C10H19NO4S/c1-2-3-9(10(12)13)6-11-16(14,15)7-8-4-5-8/h8-9,11H,2-7H2,1H3,(H,12,13). The van der Waals surface area contributed by atoms with Crippen LogP contribution in [0.5, 0.6) is 0 Å². The van der Waals surface area contributed by atoms with E-state index >= 15 is 0 Å². The van der Waals surface area contributed by atoms with Gasteiger partial charge < -0.3 is 5.11 Å². The van der Waals surface area contributed by atoms with Crippen LogP contribution in [-0.4, -0.2) is 31.8 Å². The van der Waals surface area contributed by atoms with Crippen molar-refractivity contribution >= 4 is 16.0 Å². The summed E-state index contributed by atoms with van der Waals surface area (Å²) in [5, 5.41) is 8.86. The Bertz CT molecular complexity index is 335. The highest BCUT2D eigenvalue weighted by Crippen LogP contribution is 2.29. The molecule has 0 aromatic heterocycles. The van der Waals surface area contributed by atoms with Gasteiger partial charge in [0, 0.05) is 6.54 Å². The van der Waals surface area contributed by atoms with E-state index in [9.17, 15) is 13.2 Å².